The molecule has 1 saturated carbocycles. The Morgan fingerprint density at radius 2 is 2.10 bits per heavy atom. The molecule has 1 aromatic carbocycles. The fourth-order valence-electron chi connectivity index (χ4n) is 3.55. The summed E-state index contributed by atoms with van der Waals surface area (Å²) in [5.41, 5.74) is 3.65. The van der Waals surface area contributed by atoms with Crippen molar-refractivity contribution in [3.05, 3.63) is 52.8 Å². The highest BCUT2D eigenvalue weighted by atomic mass is 16.5. The van der Waals surface area contributed by atoms with E-state index >= 15 is 0 Å². The van der Waals surface area contributed by atoms with Gasteiger partial charge in [-0.25, -0.2) is 4.99 Å². The molecule has 1 amide bonds. The molecule has 0 spiro atoms. The van der Waals surface area contributed by atoms with Crippen molar-refractivity contribution in [2.24, 2.45) is 4.99 Å². The summed E-state index contributed by atoms with van der Waals surface area (Å²) in [7, 11) is 1.53. The van der Waals surface area contributed by atoms with Crippen molar-refractivity contribution >= 4 is 23.8 Å². The number of carbonyl (C=O) groups excluding carboxylic acids is 1. The van der Waals surface area contributed by atoms with Gasteiger partial charge in [-0.3, -0.25) is 10.1 Å². The standard InChI is InChI=1S/C21H26N8O2/c1-12-5-3-4-6-13(12)10-22-19-26-17-14(9-16-18(30)27-21(25-16)31-2)11-23-29(17)20(28-19)24-15-7-8-15/h3-6,9,11,15,19,21-22,25-26H,7-8,10H2,1-2H3,(H,24,28)(H,27,30)/b16-9-/t19-,21?/m0/s1. The lowest BCUT2D eigenvalue weighted by atomic mass is 10.1. The number of rotatable bonds is 6. The van der Waals surface area contributed by atoms with Crippen molar-refractivity contribution in [1.82, 2.24) is 31.0 Å². The number of benzene rings is 1. The number of ether oxygens (including phenoxy) is 1. The molecule has 0 bridgehead atoms. The summed E-state index contributed by atoms with van der Waals surface area (Å²) in [5, 5.41) is 20.5. The van der Waals surface area contributed by atoms with Crippen molar-refractivity contribution < 1.29 is 9.53 Å². The van der Waals surface area contributed by atoms with Gasteiger partial charge in [-0.2, -0.15) is 9.78 Å². The third-order valence-corrected chi connectivity index (χ3v) is 5.51. The van der Waals surface area contributed by atoms with Gasteiger partial charge in [-0.05, 0) is 37.0 Å². The predicted molar refractivity (Wildman–Crippen MR) is 117 cm³/mol. The van der Waals surface area contributed by atoms with Crippen LogP contribution in [0.4, 0.5) is 5.82 Å². The van der Waals surface area contributed by atoms with Crippen LogP contribution in [0, 0.1) is 6.92 Å². The number of nitrogens with one attached hydrogen (secondary N) is 5. The SMILES string of the molecule is COC1NC(=O)/C(=C/c2cnn3c2N[C@H](NCc2ccccc2C)N=C3NC2CC2)N1. The minimum Gasteiger partial charge on any atom is -0.352 e. The van der Waals surface area contributed by atoms with Crippen LogP contribution < -0.4 is 26.6 Å². The molecule has 1 saturated heterocycles. The summed E-state index contributed by atoms with van der Waals surface area (Å²) in [5.74, 6) is 1.24. The van der Waals surface area contributed by atoms with Gasteiger partial charge < -0.3 is 26.0 Å². The second kappa shape index (κ2) is 8.05. The largest absolute Gasteiger partial charge is 0.352 e. The highest BCUT2D eigenvalue weighted by Crippen LogP contribution is 2.25. The second-order valence-corrected chi connectivity index (χ2v) is 7.88. The second-order valence-electron chi connectivity index (χ2n) is 7.88. The van der Waals surface area contributed by atoms with Crippen molar-refractivity contribution in [3.8, 4) is 0 Å². The number of fused-ring (bicyclic) bond motifs is 1. The molecule has 5 N–H and O–H groups in total. The molecule has 1 aliphatic carbocycles. The van der Waals surface area contributed by atoms with Crippen LogP contribution in [0.5, 0.6) is 0 Å². The lowest BCUT2D eigenvalue weighted by Crippen LogP contribution is -2.45. The number of nitrogens with zero attached hydrogens (tertiary/aromatic N) is 3. The summed E-state index contributed by atoms with van der Waals surface area (Å²) in [6.07, 6.45) is 4.87. The number of aromatic nitrogens is 2. The molecule has 1 aromatic heterocycles. The van der Waals surface area contributed by atoms with Crippen LogP contribution in [0.3, 0.4) is 0 Å². The van der Waals surface area contributed by atoms with Gasteiger partial charge in [0.2, 0.25) is 12.3 Å². The average molecular weight is 422 g/mol. The first-order valence-corrected chi connectivity index (χ1v) is 10.4. The highest BCUT2D eigenvalue weighted by Gasteiger charge is 2.30. The van der Waals surface area contributed by atoms with Gasteiger partial charge in [0.25, 0.3) is 5.91 Å². The molecule has 162 valence electrons. The number of carbonyl (C=O) groups is 1. The summed E-state index contributed by atoms with van der Waals surface area (Å²) < 4.78 is 6.90. The number of amides is 1. The van der Waals surface area contributed by atoms with Crippen LogP contribution >= 0.6 is 0 Å². The monoisotopic (exact) mass is 422 g/mol. The van der Waals surface area contributed by atoms with E-state index in [1.54, 1.807) is 17.0 Å². The summed E-state index contributed by atoms with van der Waals surface area (Å²) in [6.45, 7) is 2.77. The maximum absolute atomic E-state index is 12.2. The lowest BCUT2D eigenvalue weighted by molar-refractivity contribution is -0.117. The van der Waals surface area contributed by atoms with E-state index in [4.69, 9.17) is 9.73 Å². The fourth-order valence-corrected chi connectivity index (χ4v) is 3.55. The Kier molecular flexibility index (Phi) is 5.08. The molecule has 2 atom stereocenters. The number of anilines is 1. The number of methoxy groups -OCH3 is 1. The number of hydrogen-bond acceptors (Lipinski definition) is 8. The molecule has 3 aliphatic rings. The maximum Gasteiger partial charge on any atom is 0.270 e. The van der Waals surface area contributed by atoms with Crippen LogP contribution in [0.1, 0.15) is 29.5 Å². The van der Waals surface area contributed by atoms with Gasteiger partial charge in [0, 0.05) is 25.3 Å². The first-order valence-electron chi connectivity index (χ1n) is 10.4. The average Bonchev–Trinajstić information content (AvgIpc) is 3.38. The normalized spacial score (nSPS) is 23.6. The molecule has 5 rings (SSSR count). The lowest BCUT2D eigenvalue weighted by Gasteiger charge is -2.26. The first kappa shape index (κ1) is 19.6. The Hall–Kier alpha value is -3.37. The smallest absolute Gasteiger partial charge is 0.270 e. The molecule has 3 heterocycles. The van der Waals surface area contributed by atoms with E-state index in [0.717, 1.165) is 24.2 Å². The van der Waals surface area contributed by atoms with Gasteiger partial charge in [-0.1, -0.05) is 24.3 Å². The Labute approximate surface area is 180 Å². The van der Waals surface area contributed by atoms with Crippen LogP contribution in [0.15, 0.2) is 41.2 Å². The van der Waals surface area contributed by atoms with Gasteiger partial charge in [0.15, 0.2) is 6.29 Å². The molecule has 2 aliphatic heterocycles. The molecule has 2 fully saturated rings. The maximum atomic E-state index is 12.2. The summed E-state index contributed by atoms with van der Waals surface area (Å²) in [6, 6.07) is 8.70. The van der Waals surface area contributed by atoms with E-state index < -0.39 is 6.35 Å². The molecule has 2 aromatic rings. The molecular formula is C21H26N8O2. The van der Waals surface area contributed by atoms with E-state index in [-0.39, 0.29) is 12.2 Å². The predicted octanol–water partition coefficient (Wildman–Crippen LogP) is 0.637. The zero-order chi connectivity index (χ0) is 21.4. The first-order chi connectivity index (χ1) is 15.1. The Bertz CT molecular complexity index is 1060. The van der Waals surface area contributed by atoms with E-state index in [9.17, 15) is 4.79 Å². The molecule has 10 heteroatoms. The Morgan fingerprint density at radius 3 is 2.84 bits per heavy atom. The zero-order valence-electron chi connectivity index (χ0n) is 17.5. The van der Waals surface area contributed by atoms with Crippen LogP contribution in [-0.4, -0.2) is 47.4 Å². The van der Waals surface area contributed by atoms with E-state index in [2.05, 4.69) is 50.7 Å². The topological polar surface area (TPSA) is 117 Å². The number of aryl methyl sites for hydroxylation is 1. The van der Waals surface area contributed by atoms with E-state index in [0.29, 0.717) is 24.2 Å². The van der Waals surface area contributed by atoms with E-state index in [1.807, 2.05) is 12.1 Å². The molecule has 0 radical (unpaired) electrons. The van der Waals surface area contributed by atoms with Crippen molar-refractivity contribution in [3.63, 3.8) is 0 Å². The summed E-state index contributed by atoms with van der Waals surface area (Å²) >= 11 is 0. The number of aliphatic imine (C=N–C) groups is 1. The van der Waals surface area contributed by atoms with Gasteiger partial charge in [-0.15, -0.1) is 0 Å². The van der Waals surface area contributed by atoms with Crippen molar-refractivity contribution in [1.29, 1.82) is 0 Å². The Morgan fingerprint density at radius 1 is 1.26 bits per heavy atom. The van der Waals surface area contributed by atoms with E-state index in [1.165, 1.54) is 18.2 Å². The molecule has 31 heavy (non-hydrogen) atoms. The molecule has 10 nitrogen and oxygen atoms in total. The van der Waals surface area contributed by atoms with Crippen LogP contribution in [-0.2, 0) is 16.1 Å². The molecule has 1 unspecified atom stereocenters. The van der Waals surface area contributed by atoms with Gasteiger partial charge >= 0.3 is 0 Å². The Balaban J connectivity index is 1.39. The minimum atomic E-state index is -0.532. The zero-order valence-corrected chi connectivity index (χ0v) is 17.5. The number of hydrogen-bond donors (Lipinski definition) is 5. The van der Waals surface area contributed by atoms with Crippen LogP contribution in [0.2, 0.25) is 0 Å². The highest BCUT2D eigenvalue weighted by molar-refractivity contribution is 6.00. The van der Waals surface area contributed by atoms with Crippen molar-refractivity contribution in [2.45, 2.75) is 45.0 Å². The van der Waals surface area contributed by atoms with Gasteiger partial charge in [0.05, 0.1) is 6.20 Å². The fraction of sp³-hybridized carbons (Fsp3) is 0.381. The minimum absolute atomic E-state index is 0.221. The van der Waals surface area contributed by atoms with Crippen molar-refractivity contribution in [2.75, 3.05) is 12.4 Å². The third-order valence-electron chi connectivity index (χ3n) is 5.51. The van der Waals surface area contributed by atoms with Crippen LogP contribution in [0.25, 0.3) is 6.08 Å². The van der Waals surface area contributed by atoms with Gasteiger partial charge in [0.1, 0.15) is 11.5 Å². The molecular weight excluding hydrogens is 396 g/mol. The quantitative estimate of drug-likeness (QED) is 0.434. The third kappa shape index (κ3) is 4.12. The summed E-state index contributed by atoms with van der Waals surface area (Å²) in [4.78, 5) is 17.0.